The topological polar surface area (TPSA) is 81.0 Å². The molecular formula is C11H6Cl2F2N4O2. The SMILES string of the molecule is O=[N+]([O-])c1c(Cl)nc(Cl)nc1NCc1ccc(F)cc1F. The number of hydrogen-bond acceptors (Lipinski definition) is 5. The van der Waals surface area contributed by atoms with Crippen LogP contribution < -0.4 is 5.32 Å². The first-order chi connectivity index (χ1) is 9.88. The second kappa shape index (κ2) is 6.15. The van der Waals surface area contributed by atoms with Gasteiger partial charge in [-0.25, -0.2) is 8.78 Å². The zero-order chi connectivity index (χ0) is 15.6. The summed E-state index contributed by atoms with van der Waals surface area (Å²) in [5, 5.41) is 12.7. The Morgan fingerprint density at radius 1 is 1.29 bits per heavy atom. The molecule has 0 bridgehead atoms. The third-order valence-electron chi connectivity index (χ3n) is 2.46. The molecule has 0 aliphatic rings. The predicted molar refractivity (Wildman–Crippen MR) is 72.4 cm³/mol. The van der Waals surface area contributed by atoms with Crippen molar-refractivity contribution in [2.75, 3.05) is 5.32 Å². The third-order valence-corrected chi connectivity index (χ3v) is 2.89. The summed E-state index contributed by atoms with van der Waals surface area (Å²) in [7, 11) is 0. The molecule has 0 saturated heterocycles. The molecule has 1 N–H and O–H groups in total. The van der Waals surface area contributed by atoms with E-state index in [2.05, 4.69) is 15.3 Å². The third kappa shape index (κ3) is 3.53. The molecule has 10 heteroatoms. The van der Waals surface area contributed by atoms with Crippen LogP contribution in [0.5, 0.6) is 0 Å². The van der Waals surface area contributed by atoms with Crippen molar-refractivity contribution >= 4 is 34.7 Å². The van der Waals surface area contributed by atoms with E-state index in [9.17, 15) is 18.9 Å². The van der Waals surface area contributed by atoms with Gasteiger partial charge < -0.3 is 5.32 Å². The minimum Gasteiger partial charge on any atom is -0.360 e. The van der Waals surface area contributed by atoms with Gasteiger partial charge in [-0.05, 0) is 17.7 Å². The van der Waals surface area contributed by atoms with E-state index in [1.54, 1.807) is 0 Å². The molecule has 0 saturated carbocycles. The van der Waals surface area contributed by atoms with E-state index in [1.807, 2.05) is 0 Å². The Bertz CT molecular complexity index is 715. The molecule has 0 atom stereocenters. The molecule has 0 radical (unpaired) electrons. The second-order valence-electron chi connectivity index (χ2n) is 3.83. The molecule has 110 valence electrons. The van der Waals surface area contributed by atoms with Gasteiger partial charge in [-0.3, -0.25) is 10.1 Å². The Balaban J connectivity index is 2.29. The van der Waals surface area contributed by atoms with Gasteiger partial charge in [-0.2, -0.15) is 9.97 Å². The highest BCUT2D eigenvalue weighted by atomic mass is 35.5. The largest absolute Gasteiger partial charge is 0.360 e. The molecule has 6 nitrogen and oxygen atoms in total. The van der Waals surface area contributed by atoms with Crippen molar-refractivity contribution in [3.05, 3.63) is 55.9 Å². The van der Waals surface area contributed by atoms with Crippen LogP contribution in [0, 0.1) is 21.7 Å². The van der Waals surface area contributed by atoms with Crippen LogP contribution in [-0.2, 0) is 6.54 Å². The Labute approximate surface area is 126 Å². The first kappa shape index (κ1) is 15.3. The molecule has 2 aromatic rings. The van der Waals surface area contributed by atoms with E-state index in [1.165, 1.54) is 6.07 Å². The number of hydrogen-bond donors (Lipinski definition) is 1. The van der Waals surface area contributed by atoms with Gasteiger partial charge in [-0.1, -0.05) is 17.7 Å². The van der Waals surface area contributed by atoms with Crippen molar-refractivity contribution in [3.63, 3.8) is 0 Å². The summed E-state index contributed by atoms with van der Waals surface area (Å²) in [6.07, 6.45) is 0. The maximum Gasteiger partial charge on any atom is 0.348 e. The fourth-order valence-corrected chi connectivity index (χ4v) is 1.98. The van der Waals surface area contributed by atoms with E-state index >= 15 is 0 Å². The highest BCUT2D eigenvalue weighted by Gasteiger charge is 2.23. The molecule has 0 fully saturated rings. The fraction of sp³-hybridized carbons (Fsp3) is 0.0909. The van der Waals surface area contributed by atoms with Crippen molar-refractivity contribution in [1.82, 2.24) is 9.97 Å². The molecule has 0 aliphatic heterocycles. The zero-order valence-electron chi connectivity index (χ0n) is 10.1. The second-order valence-corrected chi connectivity index (χ2v) is 4.52. The average Bonchev–Trinajstić information content (AvgIpc) is 2.36. The summed E-state index contributed by atoms with van der Waals surface area (Å²) in [6.45, 7) is -0.170. The number of halogens is 4. The molecule has 1 heterocycles. The van der Waals surface area contributed by atoms with E-state index < -0.39 is 27.4 Å². The number of rotatable bonds is 4. The summed E-state index contributed by atoms with van der Waals surface area (Å²) in [6, 6.07) is 2.97. The van der Waals surface area contributed by atoms with Crippen molar-refractivity contribution < 1.29 is 13.7 Å². The average molecular weight is 335 g/mol. The van der Waals surface area contributed by atoms with E-state index in [0.717, 1.165) is 6.07 Å². The van der Waals surface area contributed by atoms with Crippen LogP contribution >= 0.6 is 23.2 Å². The van der Waals surface area contributed by atoms with Crippen molar-refractivity contribution in [1.29, 1.82) is 0 Å². The minimum absolute atomic E-state index is 0.0940. The van der Waals surface area contributed by atoms with Crippen molar-refractivity contribution in [3.8, 4) is 0 Å². The van der Waals surface area contributed by atoms with Crippen LogP contribution in [0.3, 0.4) is 0 Å². The summed E-state index contributed by atoms with van der Waals surface area (Å²) in [5.74, 6) is -1.78. The molecule has 1 aromatic carbocycles. The zero-order valence-corrected chi connectivity index (χ0v) is 11.6. The van der Waals surface area contributed by atoms with Crippen LogP contribution in [-0.4, -0.2) is 14.9 Å². The molecule has 21 heavy (non-hydrogen) atoms. The summed E-state index contributed by atoms with van der Waals surface area (Å²) in [4.78, 5) is 17.2. The van der Waals surface area contributed by atoms with Gasteiger partial charge in [0.05, 0.1) is 4.92 Å². The lowest BCUT2D eigenvalue weighted by Crippen LogP contribution is -2.08. The molecule has 0 unspecified atom stereocenters. The lowest BCUT2D eigenvalue weighted by molar-refractivity contribution is -0.384. The van der Waals surface area contributed by atoms with Gasteiger partial charge in [0.25, 0.3) is 0 Å². The molecule has 0 aliphatic carbocycles. The number of nitro groups is 1. The quantitative estimate of drug-likeness (QED) is 0.400. The number of aromatic nitrogens is 2. The molecular weight excluding hydrogens is 329 g/mol. The van der Waals surface area contributed by atoms with Crippen LogP contribution in [0.1, 0.15) is 5.56 Å². The van der Waals surface area contributed by atoms with E-state index in [4.69, 9.17) is 23.2 Å². The summed E-state index contributed by atoms with van der Waals surface area (Å²) in [5.41, 5.74) is -0.486. The number of benzene rings is 1. The van der Waals surface area contributed by atoms with E-state index in [-0.39, 0.29) is 23.2 Å². The highest BCUT2D eigenvalue weighted by molar-refractivity contribution is 6.33. The predicted octanol–water partition coefficient (Wildman–Crippen LogP) is 3.58. The van der Waals surface area contributed by atoms with Gasteiger partial charge in [0.15, 0.2) is 0 Å². The van der Waals surface area contributed by atoms with Gasteiger partial charge in [-0.15, -0.1) is 0 Å². The molecule has 1 aromatic heterocycles. The lowest BCUT2D eigenvalue weighted by atomic mass is 10.2. The normalized spacial score (nSPS) is 10.5. The number of anilines is 1. The Morgan fingerprint density at radius 2 is 2.00 bits per heavy atom. The summed E-state index contributed by atoms with van der Waals surface area (Å²) >= 11 is 11.2. The first-order valence-electron chi connectivity index (χ1n) is 5.43. The van der Waals surface area contributed by atoms with E-state index in [0.29, 0.717) is 6.07 Å². The van der Waals surface area contributed by atoms with Crippen LogP contribution in [0.25, 0.3) is 0 Å². The van der Waals surface area contributed by atoms with Gasteiger partial charge >= 0.3 is 5.69 Å². The van der Waals surface area contributed by atoms with Gasteiger partial charge in [0.2, 0.25) is 16.3 Å². The van der Waals surface area contributed by atoms with Crippen molar-refractivity contribution in [2.45, 2.75) is 6.54 Å². The minimum atomic E-state index is -0.795. The Hall–Kier alpha value is -2.06. The first-order valence-corrected chi connectivity index (χ1v) is 6.19. The van der Waals surface area contributed by atoms with Gasteiger partial charge in [0.1, 0.15) is 11.6 Å². The maximum absolute atomic E-state index is 13.5. The standard InChI is InChI=1S/C11H6Cl2F2N4O2/c12-9-8(19(20)21)10(18-11(13)17-9)16-4-5-1-2-6(14)3-7(5)15/h1-3H,4H2,(H,16,17,18). The molecule has 2 rings (SSSR count). The fourth-order valence-electron chi connectivity index (χ4n) is 1.53. The Morgan fingerprint density at radius 3 is 2.62 bits per heavy atom. The Kier molecular flexibility index (Phi) is 4.49. The number of nitrogens with one attached hydrogen (secondary N) is 1. The summed E-state index contributed by atoms with van der Waals surface area (Å²) < 4.78 is 26.3. The monoisotopic (exact) mass is 334 g/mol. The maximum atomic E-state index is 13.5. The highest BCUT2D eigenvalue weighted by Crippen LogP contribution is 2.31. The van der Waals surface area contributed by atoms with Crippen LogP contribution in [0.2, 0.25) is 10.4 Å². The lowest BCUT2D eigenvalue weighted by Gasteiger charge is -2.08. The molecule has 0 amide bonds. The smallest absolute Gasteiger partial charge is 0.348 e. The van der Waals surface area contributed by atoms with Gasteiger partial charge in [0, 0.05) is 18.2 Å². The van der Waals surface area contributed by atoms with Crippen LogP contribution in [0.4, 0.5) is 20.3 Å². The molecule has 0 spiro atoms. The van der Waals surface area contributed by atoms with Crippen LogP contribution in [0.15, 0.2) is 18.2 Å². The number of nitrogens with zero attached hydrogens (tertiary/aromatic N) is 3. The van der Waals surface area contributed by atoms with Crippen molar-refractivity contribution in [2.24, 2.45) is 0 Å².